The van der Waals surface area contributed by atoms with Crippen LogP contribution in [0.25, 0.3) is 0 Å². The standard InChI is InChI=1S/C17H26N4/c1-19-17(13-18,15-7-5-4-6-8-15)14-21(3)16-9-11-20(2)12-10-16/h4-8,16,19H,9-12,14H2,1-3H3. The zero-order valence-electron chi connectivity index (χ0n) is 13.3. The number of likely N-dealkylation sites (tertiary alicyclic amines) is 1. The van der Waals surface area contributed by atoms with Crippen molar-refractivity contribution in [3.05, 3.63) is 35.9 Å². The van der Waals surface area contributed by atoms with Gasteiger partial charge in [-0.15, -0.1) is 0 Å². The van der Waals surface area contributed by atoms with E-state index in [0.29, 0.717) is 12.6 Å². The van der Waals surface area contributed by atoms with Gasteiger partial charge in [-0.2, -0.15) is 5.26 Å². The van der Waals surface area contributed by atoms with Gasteiger partial charge in [0, 0.05) is 12.6 Å². The minimum absolute atomic E-state index is 0.561. The molecule has 21 heavy (non-hydrogen) atoms. The van der Waals surface area contributed by atoms with Crippen LogP contribution in [0.3, 0.4) is 0 Å². The van der Waals surface area contributed by atoms with E-state index in [4.69, 9.17) is 0 Å². The van der Waals surface area contributed by atoms with Gasteiger partial charge in [0.05, 0.1) is 6.07 Å². The van der Waals surface area contributed by atoms with Crippen molar-refractivity contribution in [1.29, 1.82) is 5.26 Å². The molecule has 1 saturated heterocycles. The maximum atomic E-state index is 9.77. The SMILES string of the molecule is CNC(C#N)(CN(C)C1CCN(C)CC1)c1ccccc1. The molecule has 0 aliphatic carbocycles. The molecule has 0 spiro atoms. The lowest BCUT2D eigenvalue weighted by atomic mass is 9.90. The number of nitrogens with zero attached hydrogens (tertiary/aromatic N) is 3. The molecule has 1 N–H and O–H groups in total. The van der Waals surface area contributed by atoms with Gasteiger partial charge >= 0.3 is 0 Å². The Morgan fingerprint density at radius 1 is 1.33 bits per heavy atom. The second-order valence-electron chi connectivity index (χ2n) is 6.08. The van der Waals surface area contributed by atoms with Crippen LogP contribution in [0, 0.1) is 11.3 Å². The van der Waals surface area contributed by atoms with Crippen LogP contribution >= 0.6 is 0 Å². The molecule has 1 aliphatic rings. The van der Waals surface area contributed by atoms with Crippen molar-refractivity contribution in [2.75, 3.05) is 40.8 Å². The van der Waals surface area contributed by atoms with Crippen molar-refractivity contribution in [2.45, 2.75) is 24.4 Å². The van der Waals surface area contributed by atoms with E-state index in [9.17, 15) is 5.26 Å². The summed E-state index contributed by atoms with van der Waals surface area (Å²) in [5.74, 6) is 0. The highest BCUT2D eigenvalue weighted by molar-refractivity contribution is 5.32. The van der Waals surface area contributed by atoms with Crippen molar-refractivity contribution in [1.82, 2.24) is 15.1 Å². The number of nitriles is 1. The lowest BCUT2D eigenvalue weighted by Crippen LogP contribution is -2.52. The van der Waals surface area contributed by atoms with Crippen LogP contribution < -0.4 is 5.32 Å². The Labute approximate surface area is 128 Å². The Hall–Kier alpha value is -1.41. The van der Waals surface area contributed by atoms with E-state index >= 15 is 0 Å². The fourth-order valence-corrected chi connectivity index (χ4v) is 3.13. The van der Waals surface area contributed by atoms with E-state index in [1.807, 2.05) is 37.4 Å². The van der Waals surface area contributed by atoms with Gasteiger partial charge < -0.3 is 9.80 Å². The summed E-state index contributed by atoms with van der Waals surface area (Å²) in [4.78, 5) is 4.72. The summed E-state index contributed by atoms with van der Waals surface area (Å²) in [5.41, 5.74) is 0.397. The molecule has 1 unspecified atom stereocenters. The van der Waals surface area contributed by atoms with Gasteiger partial charge in [-0.3, -0.25) is 5.32 Å². The van der Waals surface area contributed by atoms with Gasteiger partial charge in [0.1, 0.15) is 5.54 Å². The molecular weight excluding hydrogens is 260 g/mol. The Kier molecular flexibility index (Phi) is 5.35. The molecule has 4 nitrogen and oxygen atoms in total. The van der Waals surface area contributed by atoms with Gasteiger partial charge in [0.25, 0.3) is 0 Å². The zero-order chi connectivity index (χ0) is 15.3. The van der Waals surface area contributed by atoms with E-state index in [1.54, 1.807) is 0 Å². The fraction of sp³-hybridized carbons (Fsp3) is 0.588. The number of hydrogen-bond acceptors (Lipinski definition) is 4. The van der Waals surface area contributed by atoms with Crippen LogP contribution in [-0.4, -0.2) is 56.6 Å². The van der Waals surface area contributed by atoms with Crippen LogP contribution in [0.1, 0.15) is 18.4 Å². The number of piperidine rings is 1. The lowest BCUT2D eigenvalue weighted by molar-refractivity contribution is 0.124. The third kappa shape index (κ3) is 3.62. The molecule has 0 amide bonds. The molecule has 0 radical (unpaired) electrons. The second-order valence-corrected chi connectivity index (χ2v) is 6.08. The first-order valence-electron chi connectivity index (χ1n) is 7.66. The third-order valence-electron chi connectivity index (χ3n) is 4.68. The van der Waals surface area contributed by atoms with E-state index in [-0.39, 0.29) is 0 Å². The van der Waals surface area contributed by atoms with Crippen LogP contribution in [0.4, 0.5) is 0 Å². The number of likely N-dealkylation sites (N-methyl/N-ethyl adjacent to an activating group) is 2. The molecule has 1 aliphatic heterocycles. The van der Waals surface area contributed by atoms with Crippen LogP contribution in [0.5, 0.6) is 0 Å². The molecule has 0 aromatic heterocycles. The molecular formula is C17H26N4. The summed E-state index contributed by atoms with van der Waals surface area (Å²) in [6.07, 6.45) is 2.35. The van der Waals surface area contributed by atoms with E-state index in [2.05, 4.69) is 35.3 Å². The molecule has 2 rings (SSSR count). The van der Waals surface area contributed by atoms with Crippen molar-refractivity contribution >= 4 is 0 Å². The largest absolute Gasteiger partial charge is 0.306 e. The maximum absolute atomic E-state index is 9.77. The molecule has 0 bridgehead atoms. The third-order valence-corrected chi connectivity index (χ3v) is 4.68. The average molecular weight is 286 g/mol. The molecule has 1 atom stereocenters. The van der Waals surface area contributed by atoms with Crippen molar-refractivity contribution in [3.63, 3.8) is 0 Å². The molecule has 1 aromatic carbocycles. The first-order chi connectivity index (χ1) is 10.1. The molecule has 0 saturated carbocycles. The molecule has 114 valence electrons. The maximum Gasteiger partial charge on any atom is 0.144 e. The number of rotatable bonds is 5. The first-order valence-corrected chi connectivity index (χ1v) is 7.66. The first kappa shape index (κ1) is 16.0. The highest BCUT2D eigenvalue weighted by Crippen LogP contribution is 2.24. The number of nitrogens with one attached hydrogen (secondary N) is 1. The lowest BCUT2D eigenvalue weighted by Gasteiger charge is -2.39. The minimum Gasteiger partial charge on any atom is -0.306 e. The van der Waals surface area contributed by atoms with Crippen molar-refractivity contribution < 1.29 is 0 Å². The number of benzene rings is 1. The highest BCUT2D eigenvalue weighted by Gasteiger charge is 2.34. The van der Waals surface area contributed by atoms with E-state index < -0.39 is 5.54 Å². The molecule has 1 aromatic rings. The Morgan fingerprint density at radius 2 is 1.95 bits per heavy atom. The smallest absolute Gasteiger partial charge is 0.144 e. The predicted molar refractivity (Wildman–Crippen MR) is 85.9 cm³/mol. The van der Waals surface area contributed by atoms with Gasteiger partial charge in [-0.25, -0.2) is 0 Å². The van der Waals surface area contributed by atoms with Gasteiger partial charge in [-0.05, 0) is 52.6 Å². The molecule has 1 heterocycles. The van der Waals surface area contributed by atoms with Crippen molar-refractivity contribution in [2.24, 2.45) is 0 Å². The Balaban J connectivity index is 2.11. The van der Waals surface area contributed by atoms with E-state index in [1.165, 1.54) is 12.8 Å². The average Bonchev–Trinajstić information content (AvgIpc) is 2.54. The normalized spacial score (nSPS) is 20.1. The fourth-order valence-electron chi connectivity index (χ4n) is 3.13. The highest BCUT2D eigenvalue weighted by atomic mass is 15.2. The monoisotopic (exact) mass is 286 g/mol. The molecule has 4 heteroatoms. The summed E-state index contributed by atoms with van der Waals surface area (Å²) in [6.45, 7) is 2.98. The quantitative estimate of drug-likeness (QED) is 0.894. The van der Waals surface area contributed by atoms with E-state index in [0.717, 1.165) is 18.7 Å². The second kappa shape index (κ2) is 7.04. The Morgan fingerprint density at radius 3 is 2.48 bits per heavy atom. The van der Waals surface area contributed by atoms with Gasteiger partial charge in [0.2, 0.25) is 0 Å². The summed E-state index contributed by atoms with van der Waals surface area (Å²) < 4.78 is 0. The van der Waals surface area contributed by atoms with Gasteiger partial charge in [-0.1, -0.05) is 30.3 Å². The predicted octanol–water partition coefficient (Wildman–Crippen LogP) is 1.65. The molecule has 1 fully saturated rings. The van der Waals surface area contributed by atoms with Gasteiger partial charge in [0.15, 0.2) is 0 Å². The summed E-state index contributed by atoms with van der Waals surface area (Å²) in [5, 5.41) is 13.0. The van der Waals surface area contributed by atoms with Crippen molar-refractivity contribution in [3.8, 4) is 6.07 Å². The number of hydrogen-bond donors (Lipinski definition) is 1. The van der Waals surface area contributed by atoms with Crippen LogP contribution in [0.2, 0.25) is 0 Å². The minimum atomic E-state index is -0.640. The topological polar surface area (TPSA) is 42.3 Å². The van der Waals surface area contributed by atoms with Crippen LogP contribution in [0.15, 0.2) is 30.3 Å². The zero-order valence-corrected chi connectivity index (χ0v) is 13.3. The summed E-state index contributed by atoms with van der Waals surface area (Å²) in [6, 6.07) is 13.1. The summed E-state index contributed by atoms with van der Waals surface area (Å²) in [7, 11) is 6.19. The Bertz CT molecular complexity index is 473. The van der Waals surface area contributed by atoms with Crippen LogP contribution in [-0.2, 0) is 5.54 Å². The summed E-state index contributed by atoms with van der Waals surface area (Å²) >= 11 is 0.